The lowest BCUT2D eigenvalue weighted by Crippen LogP contribution is -1.98. The number of halogens is 2. The standard InChI is InChI=1S/C25H24F2/c1-2-6-19-9-11-20(12-10-19)13-15-23-16-14-21(18-25(23)27)17-24(26)22-7-4-3-5-8-22/h3-5,7-16,18,24H,2,6,17H2,1H3/t24-/m0/s1. The van der Waals surface area contributed by atoms with Crippen LogP contribution in [0.25, 0.3) is 12.2 Å². The van der Waals surface area contributed by atoms with Crippen LogP contribution < -0.4 is 0 Å². The van der Waals surface area contributed by atoms with Crippen molar-refractivity contribution >= 4 is 12.2 Å². The first-order chi connectivity index (χ1) is 13.2. The first kappa shape index (κ1) is 19.0. The van der Waals surface area contributed by atoms with Gasteiger partial charge in [-0.15, -0.1) is 0 Å². The van der Waals surface area contributed by atoms with Gasteiger partial charge in [-0.05, 0) is 34.7 Å². The largest absolute Gasteiger partial charge is 0.242 e. The van der Waals surface area contributed by atoms with E-state index in [0.29, 0.717) is 16.7 Å². The Hall–Kier alpha value is -2.74. The van der Waals surface area contributed by atoms with Crippen molar-refractivity contribution in [1.82, 2.24) is 0 Å². The zero-order chi connectivity index (χ0) is 19.1. The van der Waals surface area contributed by atoms with Crippen LogP contribution in [0.4, 0.5) is 8.78 Å². The number of hydrogen-bond acceptors (Lipinski definition) is 0. The second-order valence-corrected chi connectivity index (χ2v) is 6.76. The summed E-state index contributed by atoms with van der Waals surface area (Å²) in [6.45, 7) is 2.16. The van der Waals surface area contributed by atoms with Gasteiger partial charge in [-0.25, -0.2) is 8.78 Å². The van der Waals surface area contributed by atoms with E-state index in [2.05, 4.69) is 19.1 Å². The molecular formula is C25H24F2. The highest BCUT2D eigenvalue weighted by Gasteiger charge is 2.11. The average molecular weight is 362 g/mol. The number of alkyl halides is 1. The van der Waals surface area contributed by atoms with Gasteiger partial charge in [-0.3, -0.25) is 0 Å². The molecule has 0 aliphatic rings. The molecule has 3 aromatic rings. The molecule has 1 atom stereocenters. The van der Waals surface area contributed by atoms with Gasteiger partial charge in [0.2, 0.25) is 0 Å². The zero-order valence-electron chi connectivity index (χ0n) is 15.5. The van der Waals surface area contributed by atoms with Gasteiger partial charge >= 0.3 is 0 Å². The van der Waals surface area contributed by atoms with Crippen molar-refractivity contribution in [2.24, 2.45) is 0 Å². The number of hydrogen-bond donors (Lipinski definition) is 0. The first-order valence-corrected chi connectivity index (χ1v) is 9.40. The van der Waals surface area contributed by atoms with Crippen LogP contribution in [0.5, 0.6) is 0 Å². The Kier molecular flexibility index (Phi) is 6.54. The van der Waals surface area contributed by atoms with Crippen molar-refractivity contribution in [1.29, 1.82) is 0 Å². The maximum atomic E-state index is 14.4. The third kappa shape index (κ3) is 5.37. The van der Waals surface area contributed by atoms with Crippen LogP contribution in [0.1, 0.15) is 47.3 Å². The highest BCUT2D eigenvalue weighted by Crippen LogP contribution is 2.23. The second kappa shape index (κ2) is 9.27. The number of rotatable bonds is 7. The van der Waals surface area contributed by atoms with Crippen LogP contribution in [0.3, 0.4) is 0 Å². The lowest BCUT2D eigenvalue weighted by molar-refractivity contribution is 0.342. The number of aryl methyl sites for hydroxylation is 1. The molecule has 27 heavy (non-hydrogen) atoms. The smallest absolute Gasteiger partial charge is 0.130 e. The summed E-state index contributed by atoms with van der Waals surface area (Å²) in [5.41, 5.74) is 4.13. The molecule has 3 aromatic carbocycles. The second-order valence-electron chi connectivity index (χ2n) is 6.76. The molecular weight excluding hydrogens is 338 g/mol. The molecule has 0 unspecified atom stereocenters. The van der Waals surface area contributed by atoms with Gasteiger partial charge in [0, 0.05) is 12.0 Å². The fraction of sp³-hybridized carbons (Fsp3) is 0.200. The highest BCUT2D eigenvalue weighted by atomic mass is 19.1. The Balaban J connectivity index is 1.67. The van der Waals surface area contributed by atoms with E-state index in [9.17, 15) is 8.78 Å². The minimum Gasteiger partial charge on any atom is -0.242 e. The van der Waals surface area contributed by atoms with E-state index in [1.165, 1.54) is 11.6 Å². The molecule has 0 saturated heterocycles. The third-order valence-electron chi connectivity index (χ3n) is 4.61. The summed E-state index contributed by atoms with van der Waals surface area (Å²) in [4.78, 5) is 0. The fourth-order valence-corrected chi connectivity index (χ4v) is 3.09. The molecule has 0 saturated carbocycles. The summed E-state index contributed by atoms with van der Waals surface area (Å²) >= 11 is 0. The van der Waals surface area contributed by atoms with Crippen LogP contribution in [0.15, 0.2) is 72.8 Å². The summed E-state index contributed by atoms with van der Waals surface area (Å²) in [7, 11) is 0. The maximum absolute atomic E-state index is 14.4. The van der Waals surface area contributed by atoms with Crippen molar-refractivity contribution < 1.29 is 8.78 Å². The Bertz CT molecular complexity index is 880. The van der Waals surface area contributed by atoms with Crippen LogP contribution in [0.2, 0.25) is 0 Å². The minimum atomic E-state index is -1.13. The highest BCUT2D eigenvalue weighted by molar-refractivity contribution is 5.70. The molecule has 0 fully saturated rings. The molecule has 0 amide bonds. The number of benzene rings is 3. The SMILES string of the molecule is CCCc1ccc(C=Cc2ccc(C[C@H](F)c3ccccc3)cc2F)cc1. The quantitative estimate of drug-likeness (QED) is 0.390. The molecule has 0 aromatic heterocycles. The van der Waals surface area contributed by atoms with E-state index in [1.54, 1.807) is 30.3 Å². The van der Waals surface area contributed by atoms with E-state index in [1.807, 2.05) is 36.4 Å². The Labute approximate surface area is 160 Å². The van der Waals surface area contributed by atoms with Gasteiger partial charge in [0.15, 0.2) is 0 Å². The summed E-state index contributed by atoms with van der Waals surface area (Å²) < 4.78 is 28.8. The van der Waals surface area contributed by atoms with Crippen molar-refractivity contribution in [2.75, 3.05) is 0 Å². The molecule has 0 N–H and O–H groups in total. The van der Waals surface area contributed by atoms with Crippen LogP contribution in [-0.2, 0) is 12.8 Å². The molecule has 138 valence electrons. The average Bonchev–Trinajstić information content (AvgIpc) is 2.69. The Morgan fingerprint density at radius 1 is 0.852 bits per heavy atom. The van der Waals surface area contributed by atoms with Gasteiger partial charge < -0.3 is 0 Å². The summed E-state index contributed by atoms with van der Waals surface area (Å²) in [6, 6.07) is 22.2. The maximum Gasteiger partial charge on any atom is 0.130 e. The fourth-order valence-electron chi connectivity index (χ4n) is 3.09. The van der Waals surface area contributed by atoms with Gasteiger partial charge in [0.25, 0.3) is 0 Å². The van der Waals surface area contributed by atoms with Crippen molar-refractivity contribution in [2.45, 2.75) is 32.4 Å². The lowest BCUT2D eigenvalue weighted by Gasteiger charge is -2.09. The molecule has 0 spiro atoms. The van der Waals surface area contributed by atoms with Crippen molar-refractivity contribution in [3.8, 4) is 0 Å². The summed E-state index contributed by atoms with van der Waals surface area (Å²) in [5.74, 6) is -0.327. The Morgan fingerprint density at radius 3 is 2.22 bits per heavy atom. The lowest BCUT2D eigenvalue weighted by atomic mass is 10.0. The molecule has 0 aliphatic heterocycles. The van der Waals surface area contributed by atoms with Crippen LogP contribution in [-0.4, -0.2) is 0 Å². The van der Waals surface area contributed by atoms with Crippen molar-refractivity contribution in [3.05, 3.63) is 106 Å². The van der Waals surface area contributed by atoms with Gasteiger partial charge in [0.1, 0.15) is 12.0 Å². The molecule has 0 heterocycles. The van der Waals surface area contributed by atoms with Gasteiger partial charge in [-0.1, -0.05) is 92.2 Å². The first-order valence-electron chi connectivity index (χ1n) is 9.40. The van der Waals surface area contributed by atoms with Gasteiger partial charge in [0.05, 0.1) is 0 Å². The summed E-state index contributed by atoms with van der Waals surface area (Å²) in [6.07, 6.45) is 4.89. The minimum absolute atomic E-state index is 0.170. The van der Waals surface area contributed by atoms with Crippen LogP contribution >= 0.6 is 0 Å². The van der Waals surface area contributed by atoms with E-state index in [-0.39, 0.29) is 12.2 Å². The van der Waals surface area contributed by atoms with Crippen LogP contribution in [0, 0.1) is 5.82 Å². The third-order valence-corrected chi connectivity index (χ3v) is 4.61. The van der Waals surface area contributed by atoms with E-state index in [4.69, 9.17) is 0 Å². The van der Waals surface area contributed by atoms with E-state index < -0.39 is 6.17 Å². The topological polar surface area (TPSA) is 0 Å². The van der Waals surface area contributed by atoms with E-state index >= 15 is 0 Å². The van der Waals surface area contributed by atoms with Gasteiger partial charge in [-0.2, -0.15) is 0 Å². The summed E-state index contributed by atoms with van der Waals surface area (Å²) in [5, 5.41) is 0. The predicted molar refractivity (Wildman–Crippen MR) is 110 cm³/mol. The molecule has 0 radical (unpaired) electrons. The van der Waals surface area contributed by atoms with Crippen molar-refractivity contribution in [3.63, 3.8) is 0 Å². The monoisotopic (exact) mass is 362 g/mol. The molecule has 0 aliphatic carbocycles. The molecule has 0 bridgehead atoms. The Morgan fingerprint density at radius 2 is 1.56 bits per heavy atom. The molecule has 2 heteroatoms. The molecule has 0 nitrogen and oxygen atoms in total. The zero-order valence-corrected chi connectivity index (χ0v) is 15.5. The van der Waals surface area contributed by atoms with E-state index in [0.717, 1.165) is 18.4 Å². The predicted octanol–water partition coefficient (Wildman–Crippen LogP) is 7.20. The normalized spacial score (nSPS) is 12.4. The molecule has 3 rings (SSSR count).